The van der Waals surface area contributed by atoms with Crippen molar-refractivity contribution in [1.29, 1.82) is 0 Å². The van der Waals surface area contributed by atoms with E-state index in [2.05, 4.69) is 5.32 Å². The molecule has 214 valence electrons. The van der Waals surface area contributed by atoms with Crippen molar-refractivity contribution in [2.75, 3.05) is 10.8 Å². The van der Waals surface area contributed by atoms with Crippen molar-refractivity contribution in [2.45, 2.75) is 78.4 Å². The first kappa shape index (κ1) is 30.9. The molecule has 3 aromatic rings. The monoisotopic (exact) mass is 563 g/mol. The van der Waals surface area contributed by atoms with Crippen LogP contribution in [0, 0.1) is 27.7 Å². The second-order valence-corrected chi connectivity index (χ2v) is 12.5. The van der Waals surface area contributed by atoms with Gasteiger partial charge in [0.25, 0.3) is 10.0 Å². The minimum absolute atomic E-state index is 0.0557. The van der Waals surface area contributed by atoms with Gasteiger partial charge < -0.3 is 10.2 Å². The Morgan fingerprint density at radius 2 is 1.52 bits per heavy atom. The Hall–Kier alpha value is -3.65. The quantitative estimate of drug-likeness (QED) is 0.336. The maximum Gasteiger partial charge on any atom is 0.264 e. The molecule has 0 aliphatic heterocycles. The number of benzene rings is 3. The van der Waals surface area contributed by atoms with Crippen molar-refractivity contribution in [1.82, 2.24) is 10.2 Å². The first-order valence-electron chi connectivity index (χ1n) is 13.7. The first-order valence-corrected chi connectivity index (χ1v) is 15.1. The molecule has 0 saturated heterocycles. The largest absolute Gasteiger partial charge is 0.352 e. The number of carbonyl (C=O) groups is 2. The predicted octanol–water partition coefficient (Wildman–Crippen LogP) is 5.45. The van der Waals surface area contributed by atoms with Gasteiger partial charge in [0.05, 0.1) is 10.6 Å². The summed E-state index contributed by atoms with van der Waals surface area (Å²) >= 11 is 0. The summed E-state index contributed by atoms with van der Waals surface area (Å²) in [5.41, 5.74) is 5.13. The van der Waals surface area contributed by atoms with Crippen LogP contribution in [0.1, 0.15) is 55.0 Å². The molecule has 7 nitrogen and oxygen atoms in total. The summed E-state index contributed by atoms with van der Waals surface area (Å²) in [4.78, 5) is 28.8. The van der Waals surface area contributed by atoms with Gasteiger partial charge in [0.2, 0.25) is 11.8 Å². The summed E-state index contributed by atoms with van der Waals surface area (Å²) in [6.07, 6.45) is 0.750. The summed E-state index contributed by atoms with van der Waals surface area (Å²) in [5.74, 6) is -0.753. The van der Waals surface area contributed by atoms with Crippen molar-refractivity contribution in [3.8, 4) is 0 Å². The highest BCUT2D eigenvalue weighted by molar-refractivity contribution is 7.92. The number of amides is 2. The fourth-order valence-corrected chi connectivity index (χ4v) is 5.71. The van der Waals surface area contributed by atoms with Gasteiger partial charge in [-0.05, 0) is 88.9 Å². The minimum Gasteiger partial charge on any atom is -0.352 e. The Labute approximate surface area is 239 Å². The molecular weight excluding hydrogens is 522 g/mol. The van der Waals surface area contributed by atoms with Gasteiger partial charge in [0.15, 0.2) is 0 Å². The summed E-state index contributed by atoms with van der Waals surface area (Å²) in [6, 6.07) is 18.8. The van der Waals surface area contributed by atoms with Crippen molar-refractivity contribution in [3.63, 3.8) is 0 Å². The molecule has 0 radical (unpaired) electrons. The third kappa shape index (κ3) is 7.50. The lowest BCUT2D eigenvalue weighted by atomic mass is 10.1. The van der Waals surface area contributed by atoms with Gasteiger partial charge in [-0.15, -0.1) is 0 Å². The van der Waals surface area contributed by atoms with Crippen LogP contribution in [-0.4, -0.2) is 43.8 Å². The molecule has 0 aliphatic rings. The highest BCUT2D eigenvalue weighted by Crippen LogP contribution is 2.27. The predicted molar refractivity (Wildman–Crippen MR) is 161 cm³/mol. The lowest BCUT2D eigenvalue weighted by Gasteiger charge is -2.32. The zero-order valence-electron chi connectivity index (χ0n) is 24.6. The number of anilines is 1. The molecule has 0 heterocycles. The van der Waals surface area contributed by atoms with Gasteiger partial charge in [-0.1, -0.05) is 60.5 Å². The molecule has 0 unspecified atom stereocenters. The number of nitrogens with one attached hydrogen (secondary N) is 1. The zero-order valence-corrected chi connectivity index (χ0v) is 25.4. The van der Waals surface area contributed by atoms with Gasteiger partial charge in [-0.3, -0.25) is 13.9 Å². The molecule has 0 bridgehead atoms. The molecule has 0 spiro atoms. The van der Waals surface area contributed by atoms with Crippen LogP contribution in [0.4, 0.5) is 5.69 Å². The normalized spacial score (nSPS) is 12.9. The smallest absolute Gasteiger partial charge is 0.264 e. The van der Waals surface area contributed by atoms with Crippen LogP contribution in [0.15, 0.2) is 71.6 Å². The molecule has 8 heteroatoms. The molecule has 0 aliphatic carbocycles. The Bertz CT molecular complexity index is 1450. The fraction of sp³-hybridized carbons (Fsp3) is 0.375. The van der Waals surface area contributed by atoms with E-state index in [-0.39, 0.29) is 23.4 Å². The van der Waals surface area contributed by atoms with Crippen LogP contribution >= 0.6 is 0 Å². The van der Waals surface area contributed by atoms with E-state index >= 15 is 0 Å². The van der Waals surface area contributed by atoms with Crippen LogP contribution < -0.4 is 9.62 Å². The molecular formula is C32H41N3O4S. The van der Waals surface area contributed by atoms with Gasteiger partial charge in [-0.25, -0.2) is 8.42 Å². The fourth-order valence-electron chi connectivity index (χ4n) is 4.30. The Balaban J connectivity index is 2.05. The van der Waals surface area contributed by atoms with Gasteiger partial charge in [0.1, 0.15) is 12.6 Å². The zero-order chi connectivity index (χ0) is 29.6. The minimum atomic E-state index is -4.09. The van der Waals surface area contributed by atoms with E-state index in [1.807, 2.05) is 71.9 Å². The molecule has 0 fully saturated rings. The SMILES string of the molecule is CC[C@H](C)NC(=O)[C@@H](C)N(Cc1cccc(C)c1)C(=O)CN(c1ccc(C)c(C)c1)S(=O)(=O)c1ccc(C)cc1. The number of nitrogens with zero attached hydrogens (tertiary/aromatic N) is 2. The molecule has 2 amide bonds. The van der Waals surface area contributed by atoms with E-state index in [4.69, 9.17) is 0 Å². The maximum absolute atomic E-state index is 14.0. The van der Waals surface area contributed by atoms with Crippen molar-refractivity contribution in [2.24, 2.45) is 0 Å². The molecule has 0 saturated carbocycles. The highest BCUT2D eigenvalue weighted by Gasteiger charge is 2.33. The summed E-state index contributed by atoms with van der Waals surface area (Å²) in [5, 5.41) is 2.96. The second kappa shape index (κ2) is 13.1. The Morgan fingerprint density at radius 1 is 0.850 bits per heavy atom. The lowest BCUT2D eigenvalue weighted by Crippen LogP contribution is -2.52. The average molecular weight is 564 g/mol. The van der Waals surface area contributed by atoms with Crippen LogP contribution in [0.5, 0.6) is 0 Å². The summed E-state index contributed by atoms with van der Waals surface area (Å²) in [6.45, 7) is 13.0. The summed E-state index contributed by atoms with van der Waals surface area (Å²) < 4.78 is 29.1. The third-order valence-electron chi connectivity index (χ3n) is 7.27. The third-order valence-corrected chi connectivity index (χ3v) is 9.06. The first-order chi connectivity index (χ1) is 18.8. The second-order valence-electron chi connectivity index (χ2n) is 10.6. The molecule has 0 aromatic heterocycles. The van der Waals surface area contributed by atoms with E-state index in [0.717, 1.165) is 38.5 Å². The molecule has 1 N–H and O–H groups in total. The van der Waals surface area contributed by atoms with E-state index in [1.54, 1.807) is 43.3 Å². The number of rotatable bonds is 11. The topological polar surface area (TPSA) is 86.8 Å². The van der Waals surface area contributed by atoms with E-state index in [9.17, 15) is 18.0 Å². The Morgan fingerprint density at radius 3 is 2.12 bits per heavy atom. The number of carbonyl (C=O) groups excluding carboxylic acids is 2. The Kier molecular flexibility index (Phi) is 10.1. The van der Waals surface area contributed by atoms with E-state index < -0.39 is 28.5 Å². The number of hydrogen-bond acceptors (Lipinski definition) is 4. The number of sulfonamides is 1. The standard InChI is InChI=1S/C32H41N3O4S/c1-8-26(6)33-32(37)27(7)34(20-28-11-9-10-23(3)18-28)31(36)21-35(29-15-14-24(4)25(5)19-29)40(38,39)30-16-12-22(2)13-17-30/h9-19,26-27H,8,20-21H2,1-7H3,(H,33,37)/t26-,27+/m0/s1. The van der Waals surface area contributed by atoms with Crippen LogP contribution in [-0.2, 0) is 26.2 Å². The van der Waals surface area contributed by atoms with Crippen molar-refractivity contribution in [3.05, 3.63) is 94.5 Å². The molecule has 3 aromatic carbocycles. The van der Waals surface area contributed by atoms with Gasteiger partial charge in [0, 0.05) is 12.6 Å². The molecule has 40 heavy (non-hydrogen) atoms. The number of hydrogen-bond donors (Lipinski definition) is 1. The molecule has 3 rings (SSSR count). The van der Waals surface area contributed by atoms with Gasteiger partial charge >= 0.3 is 0 Å². The van der Waals surface area contributed by atoms with Crippen LogP contribution in [0.25, 0.3) is 0 Å². The molecule has 2 atom stereocenters. The van der Waals surface area contributed by atoms with E-state index in [0.29, 0.717) is 5.69 Å². The van der Waals surface area contributed by atoms with Crippen molar-refractivity contribution < 1.29 is 18.0 Å². The van der Waals surface area contributed by atoms with E-state index in [1.165, 1.54) is 4.90 Å². The average Bonchev–Trinajstić information content (AvgIpc) is 2.91. The van der Waals surface area contributed by atoms with Crippen LogP contribution in [0.2, 0.25) is 0 Å². The maximum atomic E-state index is 14.0. The summed E-state index contributed by atoms with van der Waals surface area (Å²) in [7, 11) is -4.09. The van der Waals surface area contributed by atoms with Gasteiger partial charge in [-0.2, -0.15) is 0 Å². The highest BCUT2D eigenvalue weighted by atomic mass is 32.2. The van der Waals surface area contributed by atoms with Crippen LogP contribution in [0.3, 0.4) is 0 Å². The number of aryl methyl sites for hydroxylation is 4. The van der Waals surface area contributed by atoms with Crippen molar-refractivity contribution >= 4 is 27.5 Å². The lowest BCUT2D eigenvalue weighted by molar-refractivity contribution is -0.139.